The molecule has 248 valence electrons. The summed E-state index contributed by atoms with van der Waals surface area (Å²) in [6, 6.07) is 0. The number of allylic oxidation sites excluding steroid dienone is 4. The van der Waals surface area contributed by atoms with Crippen LogP contribution in [0.5, 0.6) is 0 Å². The van der Waals surface area contributed by atoms with Crippen molar-refractivity contribution in [2.75, 3.05) is 35.4 Å². The molecule has 6 atom stereocenters. The summed E-state index contributed by atoms with van der Waals surface area (Å²) >= 11 is 0. The molecule has 0 saturated heterocycles. The summed E-state index contributed by atoms with van der Waals surface area (Å²) in [5.74, 6) is -2.70. The number of hydrazone groups is 1. The number of carbonyl (C=O) groups is 4. The number of hydrogen-bond donors (Lipinski definition) is 3. The van der Waals surface area contributed by atoms with Gasteiger partial charge in [0.25, 0.3) is 5.91 Å². The van der Waals surface area contributed by atoms with Crippen molar-refractivity contribution in [3.05, 3.63) is 58.1 Å². The Kier molecular flexibility index (Phi) is 13.9. The maximum Gasteiger partial charge on any atom is 0.405 e. The van der Waals surface area contributed by atoms with Crippen LogP contribution in [0.3, 0.4) is 0 Å². The van der Waals surface area contributed by atoms with Crippen LogP contribution in [-0.4, -0.2) is 99.7 Å². The fourth-order valence-corrected chi connectivity index (χ4v) is 5.17. The van der Waals surface area contributed by atoms with E-state index in [2.05, 4.69) is 10.4 Å². The van der Waals surface area contributed by atoms with Gasteiger partial charge in [-0.15, -0.1) is 0 Å². The molecule has 0 saturated carbocycles. The molecule has 2 bridgehead atoms. The molecule has 2 aliphatic rings. The number of nitrogens with zero attached hydrogens (tertiary/aromatic N) is 2. The highest BCUT2D eigenvalue weighted by Gasteiger charge is 2.37. The first-order valence-corrected chi connectivity index (χ1v) is 14.5. The maximum atomic E-state index is 13.9. The maximum absolute atomic E-state index is 13.9. The molecule has 2 amide bonds. The van der Waals surface area contributed by atoms with Crippen molar-refractivity contribution in [1.29, 1.82) is 0 Å². The van der Waals surface area contributed by atoms with Crippen LogP contribution >= 0.6 is 0 Å². The van der Waals surface area contributed by atoms with Gasteiger partial charge in [-0.1, -0.05) is 38.2 Å². The van der Waals surface area contributed by atoms with Gasteiger partial charge in [0.1, 0.15) is 11.8 Å². The molecule has 0 aromatic carbocycles. The zero-order valence-electron chi connectivity index (χ0n) is 27.5. The first-order valence-electron chi connectivity index (χ1n) is 14.5. The zero-order valence-corrected chi connectivity index (χ0v) is 27.5. The minimum absolute atomic E-state index is 0.0919. The third-order valence-corrected chi connectivity index (χ3v) is 7.56. The Morgan fingerprint density at radius 3 is 2.33 bits per heavy atom. The standard InChI is InChI=1S/C32H46N4O9/c1-17-13-21-27(38)25(22(16-34-36(5)6)28(39)30(21)44-9)35-31(40)18(2)11-10-12-23(42-7)29(45-32(33)41)20(4)15-19(3)26(37)24(14-17)43-8/h10-12,15-17,19,23-24,26,29,37H,13-14H2,1-9H3,(H2,33,41)(H,35,40)/b12-10+,18-11-,20-15+,34-16+/t17-,19+,23+,24-,26+,29-/m0/s1. The van der Waals surface area contributed by atoms with Gasteiger partial charge in [-0.05, 0) is 38.2 Å². The lowest BCUT2D eigenvalue weighted by Crippen LogP contribution is -2.38. The van der Waals surface area contributed by atoms with E-state index in [0.29, 0.717) is 12.0 Å². The summed E-state index contributed by atoms with van der Waals surface area (Å²) in [7, 11) is 7.49. The predicted octanol–water partition coefficient (Wildman–Crippen LogP) is 2.33. The topological polar surface area (TPSA) is 179 Å². The van der Waals surface area contributed by atoms with Crippen LogP contribution in [0.15, 0.2) is 63.2 Å². The summed E-state index contributed by atoms with van der Waals surface area (Å²) in [6.45, 7) is 6.90. The van der Waals surface area contributed by atoms with E-state index < -0.39 is 53.9 Å². The lowest BCUT2D eigenvalue weighted by atomic mass is 9.84. The van der Waals surface area contributed by atoms with Crippen molar-refractivity contribution < 1.29 is 43.2 Å². The van der Waals surface area contributed by atoms with Crippen LogP contribution in [-0.2, 0) is 33.3 Å². The second-order valence-corrected chi connectivity index (χ2v) is 11.4. The van der Waals surface area contributed by atoms with Crippen LogP contribution in [0, 0.1) is 11.8 Å². The van der Waals surface area contributed by atoms with Crippen LogP contribution in [0.4, 0.5) is 4.79 Å². The number of rotatable bonds is 6. The lowest BCUT2D eigenvalue weighted by Gasteiger charge is -2.30. The number of hydrogen-bond acceptors (Lipinski definition) is 11. The van der Waals surface area contributed by atoms with Gasteiger partial charge in [-0.3, -0.25) is 14.4 Å². The molecular weight excluding hydrogens is 584 g/mol. The summed E-state index contributed by atoms with van der Waals surface area (Å²) in [6.07, 6.45) is 3.55. The number of aliphatic hydroxyl groups excluding tert-OH is 1. The SMILES string of the molecule is COC1=C2C[C@H](C)C[C@H](OC)[C@H](O)[C@H](C)/C=C(\C)[C@H](OC(N)=O)[C@H](OC)/C=C/C=C(/C)C(=O)NC(=C(/C=N/N(C)C)C1=O)C2=O. The molecule has 4 N–H and O–H groups in total. The fourth-order valence-electron chi connectivity index (χ4n) is 5.17. The van der Waals surface area contributed by atoms with Gasteiger partial charge in [0.2, 0.25) is 11.6 Å². The third kappa shape index (κ3) is 9.71. The van der Waals surface area contributed by atoms with Crippen molar-refractivity contribution in [2.24, 2.45) is 22.7 Å². The molecule has 45 heavy (non-hydrogen) atoms. The molecule has 0 spiro atoms. The number of methoxy groups -OCH3 is 3. The van der Waals surface area contributed by atoms with Gasteiger partial charge < -0.3 is 40.1 Å². The van der Waals surface area contributed by atoms with Crippen molar-refractivity contribution in [1.82, 2.24) is 10.3 Å². The Labute approximate surface area is 264 Å². The number of aliphatic hydroxyl groups is 1. The van der Waals surface area contributed by atoms with E-state index in [0.717, 1.165) is 0 Å². The molecule has 2 rings (SSSR count). The molecule has 0 aromatic rings. The average molecular weight is 631 g/mol. The normalized spacial score (nSPS) is 30.8. The van der Waals surface area contributed by atoms with Gasteiger partial charge in [-0.25, -0.2) is 4.79 Å². The second-order valence-electron chi connectivity index (χ2n) is 11.4. The third-order valence-electron chi connectivity index (χ3n) is 7.56. The summed E-state index contributed by atoms with van der Waals surface area (Å²) in [4.78, 5) is 52.6. The highest BCUT2D eigenvalue weighted by molar-refractivity contribution is 6.32. The van der Waals surface area contributed by atoms with Gasteiger partial charge >= 0.3 is 6.09 Å². The van der Waals surface area contributed by atoms with Gasteiger partial charge in [0, 0.05) is 45.4 Å². The van der Waals surface area contributed by atoms with Gasteiger partial charge in [0.05, 0.1) is 31.1 Å². The lowest BCUT2D eigenvalue weighted by molar-refractivity contribution is -0.121. The van der Waals surface area contributed by atoms with E-state index in [-0.39, 0.29) is 40.5 Å². The number of primary amides is 1. The molecule has 0 fully saturated rings. The number of carbonyl (C=O) groups excluding carboxylic acids is 4. The molecule has 13 nitrogen and oxygen atoms in total. The summed E-state index contributed by atoms with van der Waals surface area (Å²) < 4.78 is 22.0. The van der Waals surface area contributed by atoms with E-state index in [1.165, 1.54) is 51.6 Å². The Bertz CT molecular complexity index is 1330. The number of ketones is 2. The largest absolute Gasteiger partial charge is 0.492 e. The molecule has 0 radical (unpaired) electrons. The molecule has 1 aliphatic heterocycles. The Morgan fingerprint density at radius 2 is 1.78 bits per heavy atom. The number of nitrogens with two attached hydrogens (primary N) is 1. The number of ether oxygens (including phenoxy) is 4. The number of nitrogens with one attached hydrogen (secondary N) is 1. The number of fused-ring (bicyclic) bond motifs is 2. The average Bonchev–Trinajstić information content (AvgIpc) is 2.98. The number of amides is 2. The molecule has 0 unspecified atom stereocenters. The van der Waals surface area contributed by atoms with E-state index in [4.69, 9.17) is 24.7 Å². The second kappa shape index (κ2) is 16.8. The predicted molar refractivity (Wildman–Crippen MR) is 168 cm³/mol. The van der Waals surface area contributed by atoms with Crippen molar-refractivity contribution in [2.45, 2.75) is 65.0 Å². The summed E-state index contributed by atoms with van der Waals surface area (Å²) in [5, 5.41) is 19.4. The first kappa shape index (κ1) is 37.1. The van der Waals surface area contributed by atoms with Crippen molar-refractivity contribution in [3.8, 4) is 0 Å². The van der Waals surface area contributed by atoms with Crippen LogP contribution in [0.2, 0.25) is 0 Å². The van der Waals surface area contributed by atoms with Crippen LogP contribution in [0.25, 0.3) is 0 Å². The molecule has 0 aromatic heterocycles. The number of Topliss-reactive ketones (excluding diaryl/α,β-unsaturated/α-hetero) is 2. The highest BCUT2D eigenvalue weighted by atomic mass is 16.6. The molecule has 1 aliphatic carbocycles. The van der Waals surface area contributed by atoms with Crippen LogP contribution < -0.4 is 11.1 Å². The van der Waals surface area contributed by atoms with E-state index in [1.807, 2.05) is 6.92 Å². The minimum Gasteiger partial charge on any atom is -0.492 e. The van der Waals surface area contributed by atoms with E-state index in [1.54, 1.807) is 40.1 Å². The van der Waals surface area contributed by atoms with Gasteiger partial charge in [-0.2, -0.15) is 5.10 Å². The van der Waals surface area contributed by atoms with Crippen molar-refractivity contribution >= 4 is 29.8 Å². The van der Waals surface area contributed by atoms with E-state index in [9.17, 15) is 24.3 Å². The zero-order chi connectivity index (χ0) is 34.0. The molecular formula is C32H46N4O9. The van der Waals surface area contributed by atoms with Gasteiger partial charge in [0.15, 0.2) is 11.9 Å². The smallest absolute Gasteiger partial charge is 0.405 e. The monoisotopic (exact) mass is 630 g/mol. The highest BCUT2D eigenvalue weighted by Crippen LogP contribution is 2.31. The minimum atomic E-state index is -1.01. The van der Waals surface area contributed by atoms with Crippen molar-refractivity contribution in [3.63, 3.8) is 0 Å². The van der Waals surface area contributed by atoms with E-state index >= 15 is 0 Å². The molecule has 13 heteroatoms. The quantitative estimate of drug-likeness (QED) is 0.171. The Morgan fingerprint density at radius 1 is 1.11 bits per heavy atom. The fraction of sp³-hybridized carbons (Fsp3) is 0.531. The Hall–Kier alpha value is -4.07. The molecule has 1 heterocycles. The first-order chi connectivity index (χ1) is 21.2. The summed E-state index contributed by atoms with van der Waals surface area (Å²) in [5.41, 5.74) is 5.87. The Balaban J connectivity index is 2.75. The van der Waals surface area contributed by atoms with Crippen LogP contribution in [0.1, 0.15) is 40.5 Å².